The minimum absolute atomic E-state index is 0.00279. The highest BCUT2D eigenvalue weighted by molar-refractivity contribution is 5.99. The van der Waals surface area contributed by atoms with Crippen molar-refractivity contribution in [1.82, 2.24) is 55.6 Å². The number of allylic oxidation sites excluding steroid dienone is 2. The highest BCUT2D eigenvalue weighted by Gasteiger charge is 2.47. The third-order valence-electron chi connectivity index (χ3n) is 16.3. The van der Waals surface area contributed by atoms with Crippen LogP contribution >= 0.6 is 0 Å². The molecule has 0 aromatic carbocycles. The van der Waals surface area contributed by atoms with E-state index in [1.165, 1.54) is 94.6 Å². The van der Waals surface area contributed by atoms with Crippen LogP contribution in [0, 0.1) is 41.4 Å². The Balaban J connectivity index is 4.43. The van der Waals surface area contributed by atoms with Gasteiger partial charge >= 0.3 is 5.97 Å². The molecule has 1 aliphatic rings. The van der Waals surface area contributed by atoms with E-state index in [-0.39, 0.29) is 55.8 Å². The number of carbonyl (C=O) groups is 12. The zero-order valence-corrected chi connectivity index (χ0v) is 57.9. The van der Waals surface area contributed by atoms with Gasteiger partial charge in [-0.2, -0.15) is 0 Å². The van der Waals surface area contributed by atoms with Crippen molar-refractivity contribution in [1.29, 1.82) is 0 Å². The summed E-state index contributed by atoms with van der Waals surface area (Å²) in [6.07, 6.45) is 3.15. The first kappa shape index (κ1) is 79.4. The average Bonchev–Trinajstić information content (AvgIpc) is 2.69. The lowest BCUT2D eigenvalue weighted by molar-refractivity contribution is -0.164. The molecular weight excluding hydrogens is 1130 g/mol. The van der Waals surface area contributed by atoms with Gasteiger partial charge in [-0.3, -0.25) is 57.5 Å². The number of nitrogens with one attached hydrogen (secondary N) is 4. The molecule has 0 spiro atoms. The van der Waals surface area contributed by atoms with Crippen LogP contribution in [0.5, 0.6) is 0 Å². The Bertz CT molecular complexity index is 2450. The molecule has 0 aromatic rings. The van der Waals surface area contributed by atoms with E-state index in [2.05, 4.69) is 21.3 Å². The van der Waals surface area contributed by atoms with E-state index in [1.807, 2.05) is 61.5 Å². The van der Waals surface area contributed by atoms with Gasteiger partial charge in [0.2, 0.25) is 65.0 Å². The number of rotatable bonds is 16. The second kappa shape index (κ2) is 36.1. The molecule has 502 valence electrons. The third-order valence-corrected chi connectivity index (χ3v) is 16.3. The first-order valence-electron chi connectivity index (χ1n) is 31.4. The smallest absolute Gasteiger partial charge is 0.303 e. The van der Waals surface area contributed by atoms with Crippen molar-refractivity contribution in [2.45, 2.75) is 230 Å². The molecule has 0 aliphatic carbocycles. The van der Waals surface area contributed by atoms with Crippen LogP contribution in [0.25, 0.3) is 0 Å². The van der Waals surface area contributed by atoms with Crippen molar-refractivity contribution >= 4 is 70.9 Å². The standard InChI is InChI=1S/C64H113N11O13/c1-26-28-29-41(15)54(88-44(18)76)53-58(81)67-45(27-2)60(83)69(19)34-50(77)70(20)46(30-35(3)4)57(80)68-51(39(11)12)63(86)71(21)47(31-36(5)6)56(79)65-42(16)55(78)66-43(17)59(82)72(22)48(32-37(7)8)61(84)73(23)49(33-38(9)10)62(85)74(24)52(40(13)14)64(87)75(53)25/h26,28,35-43,45-49,51-54H,27,29-34H2,1-25H3,(H,65,79)(H,66,78)(H,67,81)(H,68,80)/b28-26+/t41-,42+,43+,45+,46+,47+,48+,49+,51+,52+,53+,54-/m1/s1. The average molecular weight is 1240 g/mol. The van der Waals surface area contributed by atoms with Gasteiger partial charge in [0, 0.05) is 56.3 Å². The van der Waals surface area contributed by atoms with Gasteiger partial charge in [0.15, 0.2) is 0 Å². The van der Waals surface area contributed by atoms with Crippen molar-refractivity contribution in [2.24, 2.45) is 41.4 Å². The summed E-state index contributed by atoms with van der Waals surface area (Å²) in [5.41, 5.74) is 0. The molecule has 1 saturated heterocycles. The summed E-state index contributed by atoms with van der Waals surface area (Å²) >= 11 is 0. The van der Waals surface area contributed by atoms with Crippen LogP contribution in [0.15, 0.2) is 12.2 Å². The molecule has 24 heteroatoms. The lowest BCUT2D eigenvalue weighted by Gasteiger charge is -2.42. The lowest BCUT2D eigenvalue weighted by atomic mass is 9.91. The highest BCUT2D eigenvalue weighted by Crippen LogP contribution is 2.27. The molecule has 0 aromatic heterocycles. The molecule has 0 saturated carbocycles. The van der Waals surface area contributed by atoms with Crippen molar-refractivity contribution in [2.75, 3.05) is 55.9 Å². The SMILES string of the molecule is C/C=C/C[C@@H](C)[C@@H](OC(C)=O)[C@H]1C(=O)N[C@@H](CC)C(=O)N(C)CC(=O)N(C)[C@@H](CC(C)C)C(=O)N[C@@H](C(C)C)C(=O)N(C)[C@@H](CC(C)C)C(=O)N[C@@H](C)C(=O)N[C@@H](C)C(=O)N(C)[C@@H](CC(C)C)C(=O)N(C)[C@@H](CC(C)C)C(=O)N(C)[C@@H](C(C)C)C(=O)N1C. The predicted molar refractivity (Wildman–Crippen MR) is 338 cm³/mol. The van der Waals surface area contributed by atoms with Crippen LogP contribution in [-0.4, -0.2) is 228 Å². The molecule has 1 aliphatic heterocycles. The Kier molecular flexibility index (Phi) is 32.6. The Morgan fingerprint density at radius 2 is 0.909 bits per heavy atom. The summed E-state index contributed by atoms with van der Waals surface area (Å²) in [4.78, 5) is 183. The summed E-state index contributed by atoms with van der Waals surface area (Å²) in [5.74, 6) is -10.7. The monoisotopic (exact) mass is 1240 g/mol. The molecule has 11 amide bonds. The number of amides is 11. The van der Waals surface area contributed by atoms with E-state index >= 15 is 19.2 Å². The first-order chi connectivity index (χ1) is 40.6. The van der Waals surface area contributed by atoms with Crippen LogP contribution in [0.2, 0.25) is 0 Å². The highest BCUT2D eigenvalue weighted by atomic mass is 16.5. The fourth-order valence-corrected chi connectivity index (χ4v) is 11.0. The van der Waals surface area contributed by atoms with Gasteiger partial charge in [-0.1, -0.05) is 109 Å². The van der Waals surface area contributed by atoms with Crippen molar-refractivity contribution in [3.05, 3.63) is 12.2 Å². The van der Waals surface area contributed by atoms with Crippen LogP contribution in [-0.2, 0) is 62.3 Å². The molecule has 88 heavy (non-hydrogen) atoms. The van der Waals surface area contributed by atoms with Crippen molar-refractivity contribution < 1.29 is 62.3 Å². The minimum Gasteiger partial charge on any atom is -0.459 e. The van der Waals surface area contributed by atoms with Gasteiger partial charge in [-0.05, 0) is 101 Å². The maximum atomic E-state index is 15.4. The predicted octanol–water partition coefficient (Wildman–Crippen LogP) is 3.84. The van der Waals surface area contributed by atoms with E-state index in [0.29, 0.717) is 6.42 Å². The Labute approximate surface area is 526 Å². The molecule has 4 N–H and O–H groups in total. The van der Waals surface area contributed by atoms with Gasteiger partial charge in [0.1, 0.15) is 66.5 Å². The Morgan fingerprint density at radius 3 is 1.35 bits per heavy atom. The minimum atomic E-state index is -1.61. The molecule has 1 heterocycles. The number of esters is 1. The largest absolute Gasteiger partial charge is 0.459 e. The van der Waals surface area contributed by atoms with E-state index in [4.69, 9.17) is 4.74 Å². The van der Waals surface area contributed by atoms with Crippen LogP contribution in [0.3, 0.4) is 0 Å². The summed E-state index contributed by atoms with van der Waals surface area (Å²) < 4.78 is 5.93. The Hall–Kier alpha value is -6.62. The van der Waals surface area contributed by atoms with E-state index in [9.17, 15) is 38.4 Å². The number of likely N-dealkylation sites (N-methyl/N-ethyl adjacent to an activating group) is 7. The van der Waals surface area contributed by atoms with Gasteiger partial charge in [0.25, 0.3) is 0 Å². The first-order valence-corrected chi connectivity index (χ1v) is 31.4. The third kappa shape index (κ3) is 22.5. The van der Waals surface area contributed by atoms with Crippen LogP contribution in [0.4, 0.5) is 0 Å². The van der Waals surface area contributed by atoms with Crippen LogP contribution in [0.1, 0.15) is 163 Å². The number of hydrogen-bond donors (Lipinski definition) is 4. The maximum Gasteiger partial charge on any atom is 0.303 e. The second-order valence-electron chi connectivity index (χ2n) is 26.7. The fourth-order valence-electron chi connectivity index (χ4n) is 11.0. The van der Waals surface area contributed by atoms with E-state index in [0.717, 1.165) is 9.80 Å². The number of ether oxygens (including phenoxy) is 1. The zero-order chi connectivity index (χ0) is 68.3. The normalized spacial score (nSPS) is 26.3. The lowest BCUT2D eigenvalue weighted by Crippen LogP contribution is -2.64. The molecule has 1 fully saturated rings. The van der Waals surface area contributed by atoms with Gasteiger partial charge in [-0.25, -0.2) is 0 Å². The summed E-state index contributed by atoms with van der Waals surface area (Å²) in [6, 6.07) is -12.5. The van der Waals surface area contributed by atoms with E-state index < -0.39 is 162 Å². The summed E-state index contributed by atoms with van der Waals surface area (Å²) in [5, 5.41) is 11.0. The molecule has 1 rings (SSSR count). The zero-order valence-electron chi connectivity index (χ0n) is 57.9. The van der Waals surface area contributed by atoms with Gasteiger partial charge < -0.3 is 60.3 Å². The van der Waals surface area contributed by atoms with Gasteiger partial charge in [0.05, 0.1) is 6.54 Å². The number of carbonyl (C=O) groups excluding carboxylic acids is 12. The molecule has 0 unspecified atom stereocenters. The summed E-state index contributed by atoms with van der Waals surface area (Å²) in [7, 11) is 9.89. The quantitative estimate of drug-likeness (QED) is 0.126. The Morgan fingerprint density at radius 1 is 0.489 bits per heavy atom. The number of hydrogen-bond acceptors (Lipinski definition) is 13. The molecule has 24 nitrogen and oxygen atoms in total. The number of nitrogens with zero attached hydrogens (tertiary/aromatic N) is 7. The molecule has 0 bridgehead atoms. The fraction of sp³-hybridized carbons (Fsp3) is 0.781. The van der Waals surface area contributed by atoms with E-state index in [1.54, 1.807) is 54.5 Å². The molecule has 12 atom stereocenters. The maximum absolute atomic E-state index is 15.4. The molecular formula is C64H113N11O13. The topological polar surface area (TPSA) is 285 Å². The van der Waals surface area contributed by atoms with Gasteiger partial charge in [-0.15, -0.1) is 0 Å². The van der Waals surface area contributed by atoms with Crippen molar-refractivity contribution in [3.8, 4) is 0 Å². The van der Waals surface area contributed by atoms with Crippen molar-refractivity contribution in [3.63, 3.8) is 0 Å². The van der Waals surface area contributed by atoms with Crippen LogP contribution < -0.4 is 21.3 Å². The molecule has 0 radical (unpaired) electrons. The second-order valence-corrected chi connectivity index (χ2v) is 26.7. The summed E-state index contributed by atoms with van der Waals surface area (Å²) in [6.45, 7) is 30.4.